The van der Waals surface area contributed by atoms with Crippen molar-refractivity contribution in [3.63, 3.8) is 0 Å². The molecule has 8 heteroatoms. The van der Waals surface area contributed by atoms with E-state index >= 15 is 0 Å². The summed E-state index contributed by atoms with van der Waals surface area (Å²) in [7, 11) is 0. The van der Waals surface area contributed by atoms with Gasteiger partial charge in [-0.3, -0.25) is 0 Å². The maximum Gasteiger partial charge on any atom is 0.417 e. The van der Waals surface area contributed by atoms with E-state index in [4.69, 9.17) is 17.3 Å². The Morgan fingerprint density at radius 2 is 1.44 bits per heavy atom. The minimum Gasteiger partial charge on any atom is -0.397 e. The number of hydrogen-bond donors (Lipinski definition) is 1. The van der Waals surface area contributed by atoms with Crippen LogP contribution < -0.4 is 5.73 Å². The van der Waals surface area contributed by atoms with Crippen LogP contribution in [0.4, 0.5) is 32.0 Å². The molecule has 0 bridgehead atoms. The Bertz CT molecular complexity index is 408. The molecule has 16 heavy (non-hydrogen) atoms. The summed E-state index contributed by atoms with van der Waals surface area (Å²) in [6.45, 7) is 0. The first-order chi connectivity index (χ1) is 7.03. The molecule has 0 amide bonds. The van der Waals surface area contributed by atoms with E-state index in [9.17, 15) is 26.3 Å². The third kappa shape index (κ3) is 2.52. The largest absolute Gasteiger partial charge is 0.417 e. The summed E-state index contributed by atoms with van der Waals surface area (Å²) < 4.78 is 73.5. The summed E-state index contributed by atoms with van der Waals surface area (Å²) in [5.74, 6) is 0. The Labute approximate surface area is 90.8 Å². The highest BCUT2D eigenvalue weighted by atomic mass is 35.5. The second-order valence-electron chi connectivity index (χ2n) is 2.92. The van der Waals surface area contributed by atoms with Crippen LogP contribution in [0.2, 0.25) is 5.02 Å². The number of nitrogen functional groups attached to an aromatic ring is 1. The smallest absolute Gasteiger partial charge is 0.397 e. The second-order valence-corrected chi connectivity index (χ2v) is 3.30. The molecule has 0 saturated carbocycles. The molecule has 0 aromatic heterocycles. The van der Waals surface area contributed by atoms with Gasteiger partial charge in [0.25, 0.3) is 0 Å². The molecule has 90 valence electrons. The molecule has 0 fully saturated rings. The van der Waals surface area contributed by atoms with Gasteiger partial charge in [0.1, 0.15) is 0 Å². The predicted octanol–water partition coefficient (Wildman–Crippen LogP) is 3.96. The lowest BCUT2D eigenvalue weighted by molar-refractivity contribution is -0.142. The van der Waals surface area contributed by atoms with E-state index in [1.807, 2.05) is 0 Å². The quantitative estimate of drug-likeness (QED) is 0.556. The van der Waals surface area contributed by atoms with Crippen LogP contribution in [0.5, 0.6) is 0 Å². The Balaban J connectivity index is 3.46. The fourth-order valence-electron chi connectivity index (χ4n) is 1.02. The lowest BCUT2D eigenvalue weighted by Crippen LogP contribution is -2.12. The Morgan fingerprint density at radius 3 is 1.81 bits per heavy atom. The maximum absolute atomic E-state index is 12.3. The average molecular weight is 264 g/mol. The summed E-state index contributed by atoms with van der Waals surface area (Å²) in [6.07, 6.45) is -9.88. The van der Waals surface area contributed by atoms with E-state index in [1.54, 1.807) is 0 Å². The van der Waals surface area contributed by atoms with Crippen molar-refractivity contribution in [2.75, 3.05) is 5.73 Å². The van der Waals surface area contributed by atoms with Gasteiger partial charge in [0, 0.05) is 0 Å². The molecule has 0 aliphatic carbocycles. The molecular weight excluding hydrogens is 260 g/mol. The monoisotopic (exact) mass is 263 g/mol. The average Bonchev–Trinajstić information content (AvgIpc) is 2.05. The molecule has 1 aromatic carbocycles. The van der Waals surface area contributed by atoms with Crippen molar-refractivity contribution < 1.29 is 26.3 Å². The third-order valence-corrected chi connectivity index (χ3v) is 2.16. The zero-order chi connectivity index (χ0) is 12.7. The molecule has 2 N–H and O–H groups in total. The number of nitrogens with two attached hydrogens (primary N) is 1. The summed E-state index contributed by atoms with van der Waals surface area (Å²) in [4.78, 5) is 0. The van der Waals surface area contributed by atoms with Crippen molar-refractivity contribution in [3.05, 3.63) is 28.3 Å². The van der Waals surface area contributed by atoms with Crippen molar-refractivity contribution in [1.82, 2.24) is 0 Å². The fraction of sp³-hybridized carbons (Fsp3) is 0.250. The summed E-state index contributed by atoms with van der Waals surface area (Å²) in [5.41, 5.74) is 1.14. The molecule has 0 unspecified atom stereocenters. The van der Waals surface area contributed by atoms with Crippen LogP contribution in [0.1, 0.15) is 11.1 Å². The van der Waals surface area contributed by atoms with E-state index < -0.39 is 34.2 Å². The summed E-state index contributed by atoms with van der Waals surface area (Å²) in [5, 5.41) is -0.930. The molecule has 0 saturated heterocycles. The highest BCUT2D eigenvalue weighted by Crippen LogP contribution is 2.41. The number of hydrogen-bond acceptors (Lipinski definition) is 1. The molecular formula is C8H4ClF6N. The van der Waals surface area contributed by atoms with Crippen molar-refractivity contribution >= 4 is 17.3 Å². The Morgan fingerprint density at radius 1 is 0.938 bits per heavy atom. The van der Waals surface area contributed by atoms with Gasteiger partial charge in [-0.15, -0.1) is 0 Å². The van der Waals surface area contributed by atoms with E-state index in [-0.39, 0.29) is 6.07 Å². The van der Waals surface area contributed by atoms with Crippen LogP contribution in [0.3, 0.4) is 0 Å². The fourth-order valence-corrected chi connectivity index (χ4v) is 1.23. The summed E-state index contributed by atoms with van der Waals surface area (Å²) in [6, 6.07) is 0.288. The van der Waals surface area contributed by atoms with Gasteiger partial charge in [0.05, 0.1) is 21.8 Å². The van der Waals surface area contributed by atoms with Crippen molar-refractivity contribution in [3.8, 4) is 0 Å². The SMILES string of the molecule is Nc1cc(C(F)(F)F)cc(C(F)(F)F)c1Cl. The van der Waals surface area contributed by atoms with E-state index in [0.29, 0.717) is 6.07 Å². The van der Waals surface area contributed by atoms with Crippen LogP contribution in [-0.2, 0) is 12.4 Å². The van der Waals surface area contributed by atoms with Crippen LogP contribution >= 0.6 is 11.6 Å². The van der Waals surface area contributed by atoms with Gasteiger partial charge in [-0.2, -0.15) is 26.3 Å². The molecule has 1 rings (SSSR count). The number of rotatable bonds is 0. The molecule has 0 radical (unpaired) electrons. The number of alkyl halides is 6. The first-order valence-electron chi connectivity index (χ1n) is 3.77. The van der Waals surface area contributed by atoms with Gasteiger partial charge in [0.15, 0.2) is 0 Å². The minimum atomic E-state index is -4.98. The molecule has 0 spiro atoms. The van der Waals surface area contributed by atoms with Crippen LogP contribution in [0.25, 0.3) is 0 Å². The van der Waals surface area contributed by atoms with Gasteiger partial charge in [-0.1, -0.05) is 11.6 Å². The van der Waals surface area contributed by atoms with E-state index in [2.05, 4.69) is 0 Å². The van der Waals surface area contributed by atoms with Gasteiger partial charge >= 0.3 is 12.4 Å². The number of halogens is 7. The zero-order valence-corrected chi connectivity index (χ0v) is 8.13. The van der Waals surface area contributed by atoms with Crippen molar-refractivity contribution in [1.29, 1.82) is 0 Å². The minimum absolute atomic E-state index is 0.0707. The summed E-state index contributed by atoms with van der Waals surface area (Å²) >= 11 is 5.19. The Hall–Kier alpha value is -1.11. The molecule has 1 nitrogen and oxygen atoms in total. The highest BCUT2D eigenvalue weighted by Gasteiger charge is 2.38. The second kappa shape index (κ2) is 3.73. The number of benzene rings is 1. The van der Waals surface area contributed by atoms with Crippen molar-refractivity contribution in [2.24, 2.45) is 0 Å². The lowest BCUT2D eigenvalue weighted by atomic mass is 10.1. The van der Waals surface area contributed by atoms with Crippen LogP contribution in [0.15, 0.2) is 12.1 Å². The normalized spacial score (nSPS) is 12.9. The first kappa shape index (κ1) is 13.0. The molecule has 0 aliphatic heterocycles. The third-order valence-electron chi connectivity index (χ3n) is 1.73. The maximum atomic E-state index is 12.3. The zero-order valence-electron chi connectivity index (χ0n) is 7.38. The highest BCUT2D eigenvalue weighted by molar-refractivity contribution is 6.34. The van der Waals surface area contributed by atoms with E-state index in [1.165, 1.54) is 0 Å². The first-order valence-corrected chi connectivity index (χ1v) is 4.14. The van der Waals surface area contributed by atoms with Crippen LogP contribution in [-0.4, -0.2) is 0 Å². The standard InChI is InChI=1S/C8H4ClF6N/c9-6-4(8(13,14)15)1-3(2-5(6)16)7(10,11)12/h1-2H,16H2. The van der Waals surface area contributed by atoms with Gasteiger partial charge in [0.2, 0.25) is 0 Å². The van der Waals surface area contributed by atoms with Gasteiger partial charge in [-0.25, -0.2) is 0 Å². The lowest BCUT2D eigenvalue weighted by Gasteiger charge is -2.14. The molecule has 0 heterocycles. The van der Waals surface area contributed by atoms with Gasteiger partial charge < -0.3 is 5.73 Å². The molecule has 1 aromatic rings. The molecule has 0 aliphatic rings. The Kier molecular flexibility index (Phi) is 3.02. The molecule has 0 atom stereocenters. The van der Waals surface area contributed by atoms with Crippen molar-refractivity contribution in [2.45, 2.75) is 12.4 Å². The topological polar surface area (TPSA) is 26.0 Å². The number of anilines is 1. The predicted molar refractivity (Wildman–Crippen MR) is 45.9 cm³/mol. The van der Waals surface area contributed by atoms with E-state index in [0.717, 1.165) is 0 Å². The van der Waals surface area contributed by atoms with Gasteiger partial charge in [-0.05, 0) is 12.1 Å². The van der Waals surface area contributed by atoms with Crippen LogP contribution in [0, 0.1) is 0 Å².